The summed E-state index contributed by atoms with van der Waals surface area (Å²) < 4.78 is 0. The van der Waals surface area contributed by atoms with Gasteiger partial charge in [-0.2, -0.15) is 0 Å². The van der Waals surface area contributed by atoms with E-state index in [1.165, 1.54) is 0 Å². The second kappa shape index (κ2) is 8.36. The Morgan fingerprint density at radius 3 is 1.47 bits per heavy atom. The molecule has 0 radical (unpaired) electrons. The fraction of sp³-hybridized carbons (Fsp3) is 0. The van der Waals surface area contributed by atoms with Gasteiger partial charge in [0.25, 0.3) is 0 Å². The first-order valence-electron chi connectivity index (χ1n) is 12.0. The monoisotopic (exact) mass is 462 g/mol. The van der Waals surface area contributed by atoms with Gasteiger partial charge in [0.05, 0.1) is 22.8 Å². The Kier molecular flexibility index (Phi) is 4.74. The molecule has 4 heteroatoms. The predicted octanol–water partition coefficient (Wildman–Crippen LogP) is 7.49. The summed E-state index contributed by atoms with van der Waals surface area (Å²) in [5.74, 6) is 0. The Morgan fingerprint density at radius 2 is 0.889 bits per heavy atom. The van der Waals surface area contributed by atoms with Crippen molar-refractivity contribution < 1.29 is 0 Å². The van der Waals surface area contributed by atoms with E-state index in [0.29, 0.717) is 0 Å². The molecular formula is C32H22N4. The van der Waals surface area contributed by atoms with Gasteiger partial charge in [0, 0.05) is 33.2 Å². The lowest BCUT2D eigenvalue weighted by molar-refractivity contribution is 1.26. The molecule has 2 aliphatic rings. The standard InChI is InChI=1S/C32H22N4/c1-3-7-21(8-4-1)31-29-19-27-15-13-25(34-27)17-23-11-12-24(33-23)18-26-14-16-28(35-26)20-30(36-29)32(31)22-9-5-2-6-10-22/h1-20,33-34H. The van der Waals surface area contributed by atoms with E-state index in [1.807, 2.05) is 24.3 Å². The van der Waals surface area contributed by atoms with Crippen molar-refractivity contribution in [2.75, 3.05) is 0 Å². The van der Waals surface area contributed by atoms with Crippen LogP contribution in [0.25, 0.3) is 45.4 Å². The van der Waals surface area contributed by atoms with Crippen LogP contribution < -0.4 is 0 Å². The number of H-pyrrole nitrogens is 2. The largest absolute Gasteiger partial charge is 0.355 e. The Balaban J connectivity index is 1.60. The van der Waals surface area contributed by atoms with E-state index < -0.39 is 0 Å². The fourth-order valence-corrected chi connectivity index (χ4v) is 4.87. The molecule has 0 unspecified atom stereocenters. The molecule has 0 aliphatic carbocycles. The summed E-state index contributed by atoms with van der Waals surface area (Å²) in [7, 11) is 0. The topological polar surface area (TPSA) is 57.4 Å². The SMILES string of the molecule is C1=Cc2cc3ccc(cc4ccc(cc5nc(cc1n2)C(c1ccccc1)=C5c1ccccc1)[nH]4)[nH]3. The third kappa shape index (κ3) is 3.75. The minimum absolute atomic E-state index is 0.884. The molecule has 170 valence electrons. The van der Waals surface area contributed by atoms with Gasteiger partial charge in [-0.15, -0.1) is 0 Å². The van der Waals surface area contributed by atoms with Crippen LogP contribution in [0.15, 0.2) is 109 Å². The summed E-state index contributed by atoms with van der Waals surface area (Å²) in [6, 6.07) is 37.7. The lowest BCUT2D eigenvalue weighted by atomic mass is 9.92. The number of benzene rings is 2. The van der Waals surface area contributed by atoms with Crippen molar-refractivity contribution >= 4 is 45.4 Å². The van der Waals surface area contributed by atoms with Crippen molar-refractivity contribution in [3.05, 3.63) is 143 Å². The number of aromatic nitrogens is 4. The van der Waals surface area contributed by atoms with Gasteiger partial charge in [0.2, 0.25) is 0 Å². The summed E-state index contributed by atoms with van der Waals surface area (Å²) in [6.45, 7) is 0. The molecule has 0 saturated carbocycles. The molecule has 8 bridgehead atoms. The predicted molar refractivity (Wildman–Crippen MR) is 148 cm³/mol. The van der Waals surface area contributed by atoms with E-state index in [0.717, 1.165) is 67.1 Å². The zero-order valence-corrected chi connectivity index (χ0v) is 19.4. The van der Waals surface area contributed by atoms with Gasteiger partial charge >= 0.3 is 0 Å². The van der Waals surface area contributed by atoms with Crippen LogP contribution in [-0.2, 0) is 0 Å². The average molecular weight is 463 g/mol. The normalized spacial score (nSPS) is 12.8. The van der Waals surface area contributed by atoms with Crippen molar-refractivity contribution in [2.24, 2.45) is 0 Å². The first kappa shape index (κ1) is 20.4. The molecule has 0 spiro atoms. The number of nitrogens with zero attached hydrogens (tertiary/aromatic N) is 2. The molecule has 5 heterocycles. The first-order chi connectivity index (χ1) is 17.8. The highest BCUT2D eigenvalue weighted by Gasteiger charge is 2.23. The van der Waals surface area contributed by atoms with E-state index in [-0.39, 0.29) is 0 Å². The number of aromatic amines is 2. The van der Waals surface area contributed by atoms with Gasteiger partial charge in [0.1, 0.15) is 0 Å². The van der Waals surface area contributed by atoms with Crippen molar-refractivity contribution in [1.29, 1.82) is 0 Å². The molecule has 4 nitrogen and oxygen atoms in total. The van der Waals surface area contributed by atoms with Crippen molar-refractivity contribution in [1.82, 2.24) is 19.9 Å². The van der Waals surface area contributed by atoms with Crippen molar-refractivity contribution in [3.8, 4) is 0 Å². The summed E-state index contributed by atoms with van der Waals surface area (Å²) in [5.41, 5.74) is 12.2. The second-order valence-corrected chi connectivity index (χ2v) is 8.97. The number of nitrogens with one attached hydrogen (secondary N) is 2. The lowest BCUT2D eigenvalue weighted by Crippen LogP contribution is -1.90. The van der Waals surface area contributed by atoms with Crippen LogP contribution in [0.1, 0.15) is 33.9 Å². The summed E-state index contributed by atoms with van der Waals surface area (Å²) >= 11 is 0. The van der Waals surface area contributed by atoms with Crippen LogP contribution in [0.5, 0.6) is 0 Å². The highest BCUT2D eigenvalue weighted by atomic mass is 14.8. The van der Waals surface area contributed by atoms with Gasteiger partial charge < -0.3 is 9.97 Å². The van der Waals surface area contributed by atoms with Gasteiger partial charge in [-0.05, 0) is 71.8 Å². The van der Waals surface area contributed by atoms with Crippen LogP contribution in [0.4, 0.5) is 0 Å². The molecule has 2 aliphatic heterocycles. The fourth-order valence-electron chi connectivity index (χ4n) is 4.87. The third-order valence-electron chi connectivity index (χ3n) is 6.46. The van der Waals surface area contributed by atoms with Crippen LogP contribution >= 0.6 is 0 Å². The zero-order valence-electron chi connectivity index (χ0n) is 19.4. The molecule has 0 saturated heterocycles. The highest BCUT2D eigenvalue weighted by molar-refractivity contribution is 6.06. The van der Waals surface area contributed by atoms with Gasteiger partial charge in [-0.1, -0.05) is 60.7 Å². The van der Waals surface area contributed by atoms with Crippen molar-refractivity contribution in [2.45, 2.75) is 0 Å². The molecule has 36 heavy (non-hydrogen) atoms. The Hall–Kier alpha value is -4.96. The van der Waals surface area contributed by atoms with E-state index in [9.17, 15) is 0 Å². The molecule has 2 N–H and O–H groups in total. The maximum Gasteiger partial charge on any atom is 0.0744 e. The molecule has 5 aromatic rings. The molecule has 0 amide bonds. The van der Waals surface area contributed by atoms with Gasteiger partial charge in [-0.25, -0.2) is 9.97 Å². The molecule has 7 rings (SSSR count). The molecule has 2 aromatic carbocycles. The lowest BCUT2D eigenvalue weighted by Gasteiger charge is -2.09. The average Bonchev–Trinajstić information content (AvgIpc) is 3.70. The molecule has 0 atom stereocenters. The number of hydrogen-bond donors (Lipinski definition) is 2. The quantitative estimate of drug-likeness (QED) is 0.280. The molecule has 0 fully saturated rings. The third-order valence-corrected chi connectivity index (χ3v) is 6.46. The maximum atomic E-state index is 5.17. The smallest absolute Gasteiger partial charge is 0.0744 e. The Morgan fingerprint density at radius 1 is 0.417 bits per heavy atom. The van der Waals surface area contributed by atoms with E-state index in [1.54, 1.807) is 0 Å². The summed E-state index contributed by atoms with van der Waals surface area (Å²) in [4.78, 5) is 17.0. The first-order valence-corrected chi connectivity index (χ1v) is 12.0. The Labute approximate surface area is 208 Å². The van der Waals surface area contributed by atoms with Crippen LogP contribution in [-0.4, -0.2) is 19.9 Å². The number of rotatable bonds is 2. The highest BCUT2D eigenvalue weighted by Crippen LogP contribution is 2.39. The van der Waals surface area contributed by atoms with Crippen molar-refractivity contribution in [3.63, 3.8) is 0 Å². The van der Waals surface area contributed by atoms with Crippen LogP contribution in [0, 0.1) is 0 Å². The van der Waals surface area contributed by atoms with E-state index in [2.05, 4.69) is 107 Å². The molecular weight excluding hydrogens is 440 g/mol. The van der Waals surface area contributed by atoms with Gasteiger partial charge in [0.15, 0.2) is 0 Å². The van der Waals surface area contributed by atoms with Crippen LogP contribution in [0.3, 0.4) is 0 Å². The summed E-state index contributed by atoms with van der Waals surface area (Å²) in [6.07, 6.45) is 4.09. The van der Waals surface area contributed by atoms with Gasteiger partial charge in [-0.3, -0.25) is 0 Å². The number of fused-ring (bicyclic) bond motifs is 8. The van der Waals surface area contributed by atoms with E-state index >= 15 is 0 Å². The van der Waals surface area contributed by atoms with Crippen LogP contribution in [0.2, 0.25) is 0 Å². The minimum atomic E-state index is 0.884. The van der Waals surface area contributed by atoms with E-state index in [4.69, 9.17) is 9.97 Å². The maximum absolute atomic E-state index is 5.17. The zero-order chi connectivity index (χ0) is 23.9. The minimum Gasteiger partial charge on any atom is -0.355 e. The number of hydrogen-bond acceptors (Lipinski definition) is 2. The summed E-state index contributed by atoms with van der Waals surface area (Å²) in [5, 5.41) is 0. The molecule has 3 aromatic heterocycles. The Bertz CT molecular complexity index is 1820. The second-order valence-electron chi connectivity index (χ2n) is 8.97.